The molecule has 1 aliphatic heterocycles. The Morgan fingerprint density at radius 1 is 1.19 bits per heavy atom. The van der Waals surface area contributed by atoms with Gasteiger partial charge in [0, 0.05) is 42.3 Å². The minimum atomic E-state index is -0.297. The Morgan fingerprint density at radius 2 is 2.00 bits per heavy atom. The van der Waals surface area contributed by atoms with E-state index in [0.29, 0.717) is 6.54 Å². The maximum absolute atomic E-state index is 11.4. The molecule has 1 aliphatic rings. The third-order valence-corrected chi connectivity index (χ3v) is 2.68. The topological polar surface area (TPSA) is 70.7 Å². The van der Waals surface area contributed by atoms with Crippen molar-refractivity contribution in [2.24, 2.45) is 0 Å². The molecule has 0 amide bonds. The Hall–Kier alpha value is -2.01. The van der Waals surface area contributed by atoms with Crippen LogP contribution < -0.4 is 11.0 Å². The van der Waals surface area contributed by atoms with E-state index in [0.717, 1.165) is 29.1 Å². The molecule has 0 saturated carbocycles. The predicted octanol–water partition coefficient (Wildman–Crippen LogP) is 0.435. The van der Waals surface area contributed by atoms with Crippen molar-refractivity contribution in [3.8, 4) is 11.3 Å². The fraction of sp³-hybridized carbons (Fsp3) is 0.182. The van der Waals surface area contributed by atoms with E-state index in [-0.39, 0.29) is 5.69 Å². The number of nitrogens with zero attached hydrogens (tertiary/aromatic N) is 2. The average molecular weight is 214 g/mol. The van der Waals surface area contributed by atoms with Crippen LogP contribution >= 0.6 is 0 Å². The van der Waals surface area contributed by atoms with Crippen molar-refractivity contribution in [2.75, 3.05) is 0 Å². The molecule has 0 aromatic carbocycles. The number of hydrogen-bond acceptors (Lipinski definition) is 4. The number of aromatic nitrogens is 3. The standard InChI is InChI=1S/C11H10N4O/c16-11-14-9-6-13-5-8(9)10(15-11)7-1-3-12-4-2-7/h1-4,13H,5-6H2,(H,14,15,16). The van der Waals surface area contributed by atoms with E-state index in [1.165, 1.54) is 0 Å². The second-order valence-electron chi connectivity index (χ2n) is 3.69. The number of rotatable bonds is 1. The smallest absolute Gasteiger partial charge is 0.308 e. The van der Waals surface area contributed by atoms with Crippen LogP contribution in [0, 0.1) is 0 Å². The molecule has 0 unspecified atom stereocenters. The van der Waals surface area contributed by atoms with Gasteiger partial charge in [-0.15, -0.1) is 0 Å². The summed E-state index contributed by atoms with van der Waals surface area (Å²) < 4.78 is 0. The van der Waals surface area contributed by atoms with Crippen LogP contribution in [-0.4, -0.2) is 15.0 Å². The first-order valence-electron chi connectivity index (χ1n) is 5.08. The molecule has 80 valence electrons. The third-order valence-electron chi connectivity index (χ3n) is 2.68. The normalized spacial score (nSPS) is 13.8. The second-order valence-corrected chi connectivity index (χ2v) is 3.69. The highest BCUT2D eigenvalue weighted by atomic mass is 16.1. The first kappa shape index (κ1) is 9.23. The summed E-state index contributed by atoms with van der Waals surface area (Å²) in [6.07, 6.45) is 3.40. The van der Waals surface area contributed by atoms with E-state index in [2.05, 4.69) is 20.3 Å². The zero-order chi connectivity index (χ0) is 11.0. The fourth-order valence-corrected chi connectivity index (χ4v) is 1.95. The monoisotopic (exact) mass is 214 g/mol. The first-order valence-corrected chi connectivity index (χ1v) is 5.08. The molecule has 0 spiro atoms. The van der Waals surface area contributed by atoms with Crippen molar-refractivity contribution >= 4 is 0 Å². The lowest BCUT2D eigenvalue weighted by Gasteiger charge is -2.05. The molecule has 0 saturated heterocycles. The van der Waals surface area contributed by atoms with Gasteiger partial charge in [0.15, 0.2) is 0 Å². The molecule has 0 aliphatic carbocycles. The Morgan fingerprint density at radius 3 is 2.81 bits per heavy atom. The Kier molecular flexibility index (Phi) is 2.04. The van der Waals surface area contributed by atoms with Crippen LogP contribution in [0.3, 0.4) is 0 Å². The number of nitrogens with one attached hydrogen (secondary N) is 2. The molecule has 5 nitrogen and oxygen atoms in total. The quantitative estimate of drug-likeness (QED) is 0.722. The minimum Gasteiger partial charge on any atom is -0.308 e. The van der Waals surface area contributed by atoms with Gasteiger partial charge >= 0.3 is 5.69 Å². The molecule has 5 heteroatoms. The van der Waals surface area contributed by atoms with Gasteiger partial charge in [0.2, 0.25) is 0 Å². The summed E-state index contributed by atoms with van der Waals surface area (Å²) in [4.78, 5) is 22.2. The van der Waals surface area contributed by atoms with Gasteiger partial charge in [-0.25, -0.2) is 4.79 Å². The predicted molar refractivity (Wildman–Crippen MR) is 58.6 cm³/mol. The molecule has 16 heavy (non-hydrogen) atoms. The summed E-state index contributed by atoms with van der Waals surface area (Å²) in [5.41, 5.74) is 3.40. The maximum Gasteiger partial charge on any atom is 0.345 e. The van der Waals surface area contributed by atoms with Crippen LogP contribution in [0.5, 0.6) is 0 Å². The van der Waals surface area contributed by atoms with E-state index < -0.39 is 0 Å². The van der Waals surface area contributed by atoms with E-state index in [1.54, 1.807) is 12.4 Å². The first-order chi connectivity index (χ1) is 7.84. The lowest BCUT2D eigenvalue weighted by molar-refractivity contribution is 0.757. The van der Waals surface area contributed by atoms with E-state index in [1.807, 2.05) is 12.1 Å². The van der Waals surface area contributed by atoms with Crippen molar-refractivity contribution in [3.05, 3.63) is 46.3 Å². The molecule has 0 atom stereocenters. The van der Waals surface area contributed by atoms with Gasteiger partial charge in [0.05, 0.1) is 5.69 Å². The Bertz CT molecular complexity index is 576. The number of hydrogen-bond donors (Lipinski definition) is 2. The van der Waals surface area contributed by atoms with Crippen molar-refractivity contribution in [2.45, 2.75) is 13.1 Å². The van der Waals surface area contributed by atoms with Crippen LogP contribution in [0.4, 0.5) is 0 Å². The van der Waals surface area contributed by atoms with Gasteiger partial charge in [-0.05, 0) is 12.1 Å². The molecule has 0 fully saturated rings. The lowest BCUT2D eigenvalue weighted by Crippen LogP contribution is -2.14. The molecule has 0 bridgehead atoms. The number of aromatic amines is 1. The van der Waals surface area contributed by atoms with Gasteiger partial charge in [-0.1, -0.05) is 0 Å². The molecule has 2 aromatic rings. The number of pyridine rings is 1. The van der Waals surface area contributed by atoms with Crippen molar-refractivity contribution in [1.29, 1.82) is 0 Å². The summed E-state index contributed by atoms with van der Waals surface area (Å²) in [5.74, 6) is 0. The Balaban J connectivity index is 2.25. The van der Waals surface area contributed by atoms with Crippen LogP contribution in [0.25, 0.3) is 11.3 Å². The van der Waals surface area contributed by atoms with Gasteiger partial charge in [0.1, 0.15) is 0 Å². The minimum absolute atomic E-state index is 0.297. The lowest BCUT2D eigenvalue weighted by atomic mass is 10.1. The molecular weight excluding hydrogens is 204 g/mol. The van der Waals surface area contributed by atoms with Gasteiger partial charge in [-0.2, -0.15) is 4.98 Å². The van der Waals surface area contributed by atoms with Crippen molar-refractivity contribution in [1.82, 2.24) is 20.3 Å². The highest BCUT2D eigenvalue weighted by Crippen LogP contribution is 2.23. The largest absolute Gasteiger partial charge is 0.345 e. The summed E-state index contributed by atoms with van der Waals surface area (Å²) in [7, 11) is 0. The average Bonchev–Trinajstić information content (AvgIpc) is 2.77. The van der Waals surface area contributed by atoms with Gasteiger partial charge < -0.3 is 10.3 Å². The maximum atomic E-state index is 11.4. The van der Waals surface area contributed by atoms with Gasteiger partial charge in [-0.3, -0.25) is 4.98 Å². The Labute approximate surface area is 91.6 Å². The highest BCUT2D eigenvalue weighted by molar-refractivity contribution is 5.63. The number of fused-ring (bicyclic) bond motifs is 1. The zero-order valence-electron chi connectivity index (χ0n) is 8.53. The van der Waals surface area contributed by atoms with E-state index in [4.69, 9.17) is 0 Å². The van der Waals surface area contributed by atoms with Crippen molar-refractivity contribution in [3.63, 3.8) is 0 Å². The zero-order valence-corrected chi connectivity index (χ0v) is 8.53. The van der Waals surface area contributed by atoms with Gasteiger partial charge in [0.25, 0.3) is 0 Å². The molecule has 0 radical (unpaired) electrons. The molecule has 2 N–H and O–H groups in total. The summed E-state index contributed by atoms with van der Waals surface area (Å²) >= 11 is 0. The van der Waals surface area contributed by atoms with Crippen LogP contribution in [0.2, 0.25) is 0 Å². The van der Waals surface area contributed by atoms with E-state index in [9.17, 15) is 4.79 Å². The van der Waals surface area contributed by atoms with Crippen LogP contribution in [-0.2, 0) is 13.1 Å². The molecular formula is C11H10N4O. The number of H-pyrrole nitrogens is 1. The van der Waals surface area contributed by atoms with E-state index >= 15 is 0 Å². The SMILES string of the molecule is O=c1nc(-c2ccncc2)c2c([nH]1)CNC2. The molecule has 2 aromatic heterocycles. The molecule has 3 rings (SSSR count). The fourth-order valence-electron chi connectivity index (χ4n) is 1.95. The highest BCUT2D eigenvalue weighted by Gasteiger charge is 2.17. The van der Waals surface area contributed by atoms with Crippen LogP contribution in [0.1, 0.15) is 11.3 Å². The van der Waals surface area contributed by atoms with Crippen LogP contribution in [0.15, 0.2) is 29.3 Å². The van der Waals surface area contributed by atoms with Crippen molar-refractivity contribution < 1.29 is 0 Å². The molecule has 3 heterocycles. The third kappa shape index (κ3) is 1.42. The summed E-state index contributed by atoms with van der Waals surface area (Å²) in [6, 6.07) is 3.72. The summed E-state index contributed by atoms with van der Waals surface area (Å²) in [6.45, 7) is 1.45. The second kappa shape index (κ2) is 3.53. The summed E-state index contributed by atoms with van der Waals surface area (Å²) in [5, 5.41) is 3.20.